The third-order valence-electron chi connectivity index (χ3n) is 5.35. The van der Waals surface area contributed by atoms with Crippen molar-refractivity contribution >= 4 is 26.9 Å². The Hall–Kier alpha value is -3.66. The number of aryl methyl sites for hydroxylation is 1. The molecule has 176 valence electrons. The van der Waals surface area contributed by atoms with Gasteiger partial charge >= 0.3 is 12.1 Å². The van der Waals surface area contributed by atoms with Crippen LogP contribution in [0.25, 0.3) is 22.0 Å². The van der Waals surface area contributed by atoms with E-state index in [4.69, 9.17) is 5.11 Å². The van der Waals surface area contributed by atoms with Gasteiger partial charge < -0.3 is 5.11 Å². The number of aromatic nitrogens is 1. The van der Waals surface area contributed by atoms with Crippen LogP contribution in [-0.2, 0) is 27.4 Å². The second-order valence-corrected chi connectivity index (χ2v) is 9.31. The summed E-state index contributed by atoms with van der Waals surface area (Å²) in [6.45, 7) is 0. The highest BCUT2D eigenvalue weighted by Gasteiger charge is 2.40. The second kappa shape index (κ2) is 8.60. The molecule has 0 aliphatic carbocycles. The molecule has 5 nitrogen and oxygen atoms in total. The molecule has 4 rings (SSSR count). The molecule has 1 N–H and O–H groups in total. The molecule has 0 fully saturated rings. The maximum atomic E-state index is 14.0. The van der Waals surface area contributed by atoms with E-state index in [1.165, 1.54) is 18.2 Å². The van der Waals surface area contributed by atoms with Crippen LogP contribution in [0.15, 0.2) is 77.8 Å². The van der Waals surface area contributed by atoms with E-state index in [0.29, 0.717) is 10.0 Å². The molecule has 0 atom stereocenters. The van der Waals surface area contributed by atoms with Gasteiger partial charge in [-0.3, -0.25) is 4.79 Å². The van der Waals surface area contributed by atoms with Crippen LogP contribution < -0.4 is 0 Å². The molecule has 0 saturated heterocycles. The van der Waals surface area contributed by atoms with Crippen LogP contribution in [0.1, 0.15) is 17.5 Å². The van der Waals surface area contributed by atoms with Gasteiger partial charge in [-0.05, 0) is 41.8 Å². The summed E-state index contributed by atoms with van der Waals surface area (Å²) in [7, 11) is -4.86. The zero-order valence-corrected chi connectivity index (χ0v) is 18.2. The molecule has 0 bridgehead atoms. The molecule has 34 heavy (non-hydrogen) atoms. The van der Waals surface area contributed by atoms with Crippen molar-refractivity contribution in [3.63, 3.8) is 0 Å². The van der Waals surface area contributed by atoms with Gasteiger partial charge in [-0.25, -0.2) is 16.8 Å². The third-order valence-corrected chi connectivity index (χ3v) is 7.12. The standard InChI is InChI=1S/C24H17F4NO4S/c25-17-10-11-21-19(13-17)16(9-12-22(30)31)14-29(21)34(32,33)23-18(15-5-2-1-3-6-15)7-4-8-20(23)24(26,27)28/h1-8,10-11,13-14H,9,12H2,(H,30,31). The lowest BCUT2D eigenvalue weighted by atomic mass is 10.0. The maximum absolute atomic E-state index is 14.0. The number of fused-ring (bicyclic) bond motifs is 1. The first-order valence-corrected chi connectivity index (χ1v) is 11.5. The fraction of sp³-hybridized carbons (Fsp3) is 0.125. The summed E-state index contributed by atoms with van der Waals surface area (Å²) in [6, 6.07) is 14.1. The van der Waals surface area contributed by atoms with Gasteiger partial charge in [0.1, 0.15) is 10.7 Å². The third kappa shape index (κ3) is 4.28. The molecule has 0 aliphatic rings. The van der Waals surface area contributed by atoms with E-state index in [1.54, 1.807) is 18.2 Å². The first kappa shape index (κ1) is 23.5. The van der Waals surface area contributed by atoms with Crippen LogP contribution in [0.2, 0.25) is 0 Å². The summed E-state index contributed by atoms with van der Waals surface area (Å²) in [5, 5.41) is 9.12. The lowest BCUT2D eigenvalue weighted by molar-refractivity contribution is -0.140. The monoisotopic (exact) mass is 491 g/mol. The number of hydrogen-bond donors (Lipinski definition) is 1. The summed E-state index contributed by atoms with van der Waals surface area (Å²) in [6.07, 6.45) is -4.42. The molecule has 0 amide bonds. The Balaban J connectivity index is 2.04. The summed E-state index contributed by atoms with van der Waals surface area (Å²) < 4.78 is 84.1. The van der Waals surface area contributed by atoms with Crippen LogP contribution in [0.4, 0.5) is 17.6 Å². The van der Waals surface area contributed by atoms with E-state index in [0.717, 1.165) is 30.5 Å². The minimum Gasteiger partial charge on any atom is -0.481 e. The van der Waals surface area contributed by atoms with Crippen LogP contribution in [0.3, 0.4) is 0 Å². The normalized spacial score (nSPS) is 12.2. The zero-order valence-electron chi connectivity index (χ0n) is 17.4. The molecule has 1 heterocycles. The molecule has 3 aromatic carbocycles. The average molecular weight is 491 g/mol. The molecule has 4 aromatic rings. The number of carboxylic acid groups (broad SMARTS) is 1. The van der Waals surface area contributed by atoms with Gasteiger partial charge in [0.25, 0.3) is 10.0 Å². The fourth-order valence-corrected chi connectivity index (χ4v) is 5.67. The molecule has 0 radical (unpaired) electrons. The van der Waals surface area contributed by atoms with Crippen LogP contribution >= 0.6 is 0 Å². The van der Waals surface area contributed by atoms with Gasteiger partial charge in [-0.1, -0.05) is 42.5 Å². The number of alkyl halides is 3. The Labute approximate surface area is 191 Å². The van der Waals surface area contributed by atoms with Gasteiger partial charge in [0.15, 0.2) is 0 Å². The number of rotatable bonds is 6. The van der Waals surface area contributed by atoms with E-state index in [-0.39, 0.29) is 40.4 Å². The molecule has 0 aliphatic heterocycles. The number of aliphatic carboxylic acids is 1. The van der Waals surface area contributed by atoms with Crippen molar-refractivity contribution in [1.29, 1.82) is 0 Å². The van der Waals surface area contributed by atoms with Crippen LogP contribution in [-0.4, -0.2) is 23.5 Å². The zero-order chi connectivity index (χ0) is 24.7. The molecular weight excluding hydrogens is 474 g/mol. The van der Waals surface area contributed by atoms with Gasteiger partial charge in [0, 0.05) is 23.6 Å². The predicted molar refractivity (Wildman–Crippen MR) is 117 cm³/mol. The summed E-state index contributed by atoms with van der Waals surface area (Å²) in [5.74, 6) is -1.85. The van der Waals surface area contributed by atoms with Crippen LogP contribution in [0.5, 0.6) is 0 Å². The Bertz CT molecular complexity index is 1490. The molecule has 1 aromatic heterocycles. The SMILES string of the molecule is O=C(O)CCc1cn(S(=O)(=O)c2c(-c3ccccc3)cccc2C(F)(F)F)c2ccc(F)cc12. The van der Waals surface area contributed by atoms with Crippen molar-refractivity contribution in [3.05, 3.63) is 89.9 Å². The lowest BCUT2D eigenvalue weighted by Crippen LogP contribution is -2.19. The highest BCUT2D eigenvalue weighted by atomic mass is 32.2. The van der Waals surface area contributed by atoms with Crippen molar-refractivity contribution in [2.24, 2.45) is 0 Å². The van der Waals surface area contributed by atoms with Crippen molar-refractivity contribution in [3.8, 4) is 11.1 Å². The maximum Gasteiger partial charge on any atom is 0.417 e. The first-order valence-electron chi connectivity index (χ1n) is 10.0. The number of benzene rings is 3. The Morgan fingerprint density at radius 1 is 0.971 bits per heavy atom. The molecule has 10 heteroatoms. The van der Waals surface area contributed by atoms with E-state index >= 15 is 0 Å². The quantitative estimate of drug-likeness (QED) is 0.350. The fourth-order valence-electron chi connectivity index (χ4n) is 3.86. The summed E-state index contributed by atoms with van der Waals surface area (Å²) in [5.41, 5.74) is -1.10. The van der Waals surface area contributed by atoms with Crippen molar-refractivity contribution in [2.75, 3.05) is 0 Å². The van der Waals surface area contributed by atoms with Crippen molar-refractivity contribution in [1.82, 2.24) is 3.97 Å². The van der Waals surface area contributed by atoms with E-state index in [9.17, 15) is 30.8 Å². The van der Waals surface area contributed by atoms with E-state index in [2.05, 4.69) is 0 Å². The topological polar surface area (TPSA) is 76.4 Å². The van der Waals surface area contributed by atoms with E-state index < -0.39 is 38.4 Å². The largest absolute Gasteiger partial charge is 0.481 e. The average Bonchev–Trinajstić information content (AvgIpc) is 3.15. The van der Waals surface area contributed by atoms with Crippen molar-refractivity contribution in [2.45, 2.75) is 23.9 Å². The minimum absolute atomic E-state index is 0.0576. The number of carboxylic acids is 1. The minimum atomic E-state index is -4.98. The van der Waals surface area contributed by atoms with Crippen LogP contribution in [0, 0.1) is 5.82 Å². The Morgan fingerprint density at radius 3 is 2.32 bits per heavy atom. The number of nitrogens with zero attached hydrogens (tertiary/aromatic N) is 1. The highest BCUT2D eigenvalue weighted by Crippen LogP contribution is 2.41. The van der Waals surface area contributed by atoms with Crippen molar-refractivity contribution < 1.29 is 35.9 Å². The highest BCUT2D eigenvalue weighted by molar-refractivity contribution is 7.90. The number of halogens is 4. The van der Waals surface area contributed by atoms with Gasteiger partial charge in [0.05, 0.1) is 11.1 Å². The van der Waals surface area contributed by atoms with Gasteiger partial charge in [-0.15, -0.1) is 0 Å². The first-order chi connectivity index (χ1) is 16.0. The van der Waals surface area contributed by atoms with Gasteiger partial charge in [-0.2, -0.15) is 13.2 Å². The molecule has 0 saturated carbocycles. The smallest absolute Gasteiger partial charge is 0.417 e. The Morgan fingerprint density at radius 2 is 1.68 bits per heavy atom. The number of carbonyl (C=O) groups is 1. The molecule has 0 spiro atoms. The lowest BCUT2D eigenvalue weighted by Gasteiger charge is -2.18. The second-order valence-electron chi connectivity index (χ2n) is 7.56. The summed E-state index contributed by atoms with van der Waals surface area (Å²) in [4.78, 5) is 10.1. The Kier molecular flexibility index (Phi) is 5.94. The summed E-state index contributed by atoms with van der Waals surface area (Å²) >= 11 is 0. The van der Waals surface area contributed by atoms with Gasteiger partial charge in [0.2, 0.25) is 0 Å². The molecular formula is C24H17F4NO4S. The molecule has 0 unspecified atom stereocenters. The van der Waals surface area contributed by atoms with E-state index in [1.807, 2.05) is 0 Å². The number of hydrogen-bond acceptors (Lipinski definition) is 3. The predicted octanol–water partition coefficient (Wildman–Crippen LogP) is 5.72.